The molecule has 3 nitrogen and oxygen atoms in total. The first-order chi connectivity index (χ1) is 8.77. The van der Waals surface area contributed by atoms with Gasteiger partial charge in [-0.05, 0) is 25.2 Å². The third-order valence-corrected chi connectivity index (χ3v) is 4.08. The summed E-state index contributed by atoms with van der Waals surface area (Å²) >= 11 is 0. The van der Waals surface area contributed by atoms with E-state index in [9.17, 15) is 5.11 Å². The fourth-order valence-corrected chi connectivity index (χ4v) is 2.84. The molecule has 1 aliphatic rings. The van der Waals surface area contributed by atoms with E-state index in [4.69, 9.17) is 5.21 Å². The van der Waals surface area contributed by atoms with Crippen LogP contribution in [0.4, 0.5) is 0 Å². The van der Waals surface area contributed by atoms with Crippen molar-refractivity contribution in [1.82, 2.24) is 0 Å². The molecule has 0 bridgehead atoms. The van der Waals surface area contributed by atoms with Crippen LogP contribution in [0.15, 0.2) is 5.16 Å². The second-order valence-corrected chi connectivity index (χ2v) is 5.66. The summed E-state index contributed by atoms with van der Waals surface area (Å²) in [5, 5.41) is 21.6. The second-order valence-electron chi connectivity index (χ2n) is 5.66. The lowest BCUT2D eigenvalue weighted by molar-refractivity contribution is 0.185. The third-order valence-electron chi connectivity index (χ3n) is 4.08. The van der Waals surface area contributed by atoms with Gasteiger partial charge in [0.1, 0.15) is 0 Å². The van der Waals surface area contributed by atoms with Crippen LogP contribution in [0.3, 0.4) is 0 Å². The molecule has 0 aromatic rings. The molecule has 0 radical (unpaired) electrons. The maximum atomic E-state index is 9.59. The highest BCUT2D eigenvalue weighted by atomic mass is 16.4. The fraction of sp³-hybridized carbons (Fsp3) is 0.933. The minimum Gasteiger partial charge on any atom is -0.411 e. The summed E-state index contributed by atoms with van der Waals surface area (Å²) < 4.78 is 0. The van der Waals surface area contributed by atoms with E-state index >= 15 is 0 Å². The van der Waals surface area contributed by atoms with Crippen LogP contribution in [0.5, 0.6) is 0 Å². The molecular weight excluding hydrogens is 226 g/mol. The molecule has 3 heteroatoms. The minimum absolute atomic E-state index is 0.500. The Morgan fingerprint density at radius 1 is 1.06 bits per heavy atom. The first-order valence-electron chi connectivity index (χ1n) is 7.66. The number of aliphatic hydroxyl groups excluding tert-OH is 1. The SMILES string of the molecule is CCCCCCCCCC1CCC(O)C(=NO)C1. The van der Waals surface area contributed by atoms with E-state index in [1.54, 1.807) is 0 Å². The number of rotatable bonds is 8. The van der Waals surface area contributed by atoms with Crippen molar-refractivity contribution in [2.75, 3.05) is 0 Å². The first-order valence-corrected chi connectivity index (χ1v) is 7.66. The van der Waals surface area contributed by atoms with Crippen molar-refractivity contribution in [1.29, 1.82) is 0 Å². The molecule has 0 aromatic heterocycles. The lowest BCUT2D eigenvalue weighted by Crippen LogP contribution is -2.29. The Morgan fingerprint density at radius 3 is 2.39 bits per heavy atom. The number of oxime groups is 1. The zero-order valence-electron chi connectivity index (χ0n) is 11.8. The molecule has 106 valence electrons. The Bertz CT molecular complexity index is 241. The van der Waals surface area contributed by atoms with Gasteiger partial charge >= 0.3 is 0 Å². The summed E-state index contributed by atoms with van der Waals surface area (Å²) in [4.78, 5) is 0. The highest BCUT2D eigenvalue weighted by Crippen LogP contribution is 2.27. The molecule has 2 atom stereocenters. The van der Waals surface area contributed by atoms with Crippen molar-refractivity contribution in [2.45, 2.75) is 83.7 Å². The Hall–Kier alpha value is -0.570. The molecule has 1 rings (SSSR count). The van der Waals surface area contributed by atoms with E-state index in [-0.39, 0.29) is 0 Å². The van der Waals surface area contributed by atoms with E-state index in [2.05, 4.69) is 12.1 Å². The number of hydrogen-bond acceptors (Lipinski definition) is 3. The maximum absolute atomic E-state index is 9.59. The molecule has 0 aromatic carbocycles. The number of hydrogen-bond donors (Lipinski definition) is 2. The van der Waals surface area contributed by atoms with Gasteiger partial charge in [0.2, 0.25) is 0 Å². The lowest BCUT2D eigenvalue weighted by atomic mass is 9.83. The van der Waals surface area contributed by atoms with Gasteiger partial charge < -0.3 is 10.3 Å². The van der Waals surface area contributed by atoms with Gasteiger partial charge in [-0.2, -0.15) is 0 Å². The summed E-state index contributed by atoms with van der Waals surface area (Å²) in [6.07, 6.45) is 12.8. The molecule has 0 spiro atoms. The molecule has 0 heterocycles. The van der Waals surface area contributed by atoms with Gasteiger partial charge in [0.15, 0.2) is 0 Å². The van der Waals surface area contributed by atoms with Gasteiger partial charge in [-0.3, -0.25) is 0 Å². The van der Waals surface area contributed by atoms with Crippen molar-refractivity contribution in [3.63, 3.8) is 0 Å². The summed E-state index contributed by atoms with van der Waals surface area (Å²) in [5.41, 5.74) is 0.592. The van der Waals surface area contributed by atoms with E-state index < -0.39 is 6.10 Å². The normalized spacial score (nSPS) is 26.7. The molecule has 2 N–H and O–H groups in total. The topological polar surface area (TPSA) is 52.8 Å². The van der Waals surface area contributed by atoms with E-state index in [0.29, 0.717) is 11.6 Å². The van der Waals surface area contributed by atoms with Gasteiger partial charge in [-0.15, -0.1) is 0 Å². The standard InChI is InChI=1S/C15H29NO2/c1-2-3-4-5-6-7-8-9-13-10-11-15(17)14(12-13)16-18/h13,15,17-18H,2-12H2,1H3. The average molecular weight is 255 g/mol. The van der Waals surface area contributed by atoms with Crippen LogP contribution in [0.1, 0.15) is 77.6 Å². The lowest BCUT2D eigenvalue weighted by Gasteiger charge is -2.26. The van der Waals surface area contributed by atoms with E-state index in [0.717, 1.165) is 19.3 Å². The fourth-order valence-electron chi connectivity index (χ4n) is 2.84. The van der Waals surface area contributed by atoms with Crippen LogP contribution in [-0.4, -0.2) is 22.1 Å². The predicted octanol–water partition coefficient (Wildman–Crippen LogP) is 4.12. The molecule has 0 saturated heterocycles. The van der Waals surface area contributed by atoms with Gasteiger partial charge in [0.25, 0.3) is 0 Å². The van der Waals surface area contributed by atoms with Crippen LogP contribution in [0, 0.1) is 5.92 Å². The van der Waals surface area contributed by atoms with Crippen LogP contribution in [0.2, 0.25) is 0 Å². The van der Waals surface area contributed by atoms with Gasteiger partial charge in [0.05, 0.1) is 11.8 Å². The summed E-state index contributed by atoms with van der Waals surface area (Å²) in [5.74, 6) is 0.620. The third kappa shape index (κ3) is 5.85. The molecule has 18 heavy (non-hydrogen) atoms. The minimum atomic E-state index is -0.500. The highest BCUT2D eigenvalue weighted by Gasteiger charge is 2.25. The van der Waals surface area contributed by atoms with Crippen LogP contribution >= 0.6 is 0 Å². The first kappa shape index (κ1) is 15.5. The van der Waals surface area contributed by atoms with Crippen molar-refractivity contribution in [3.05, 3.63) is 0 Å². The largest absolute Gasteiger partial charge is 0.411 e. The van der Waals surface area contributed by atoms with Gasteiger partial charge in [-0.1, -0.05) is 63.4 Å². The van der Waals surface area contributed by atoms with E-state index in [1.165, 1.54) is 51.4 Å². The van der Waals surface area contributed by atoms with Crippen LogP contribution in [-0.2, 0) is 0 Å². The molecule has 0 amide bonds. The van der Waals surface area contributed by atoms with Gasteiger partial charge in [-0.25, -0.2) is 0 Å². The highest BCUT2D eigenvalue weighted by molar-refractivity contribution is 5.88. The molecule has 0 aliphatic heterocycles. The Kier molecular flexibility index (Phi) is 8.06. The van der Waals surface area contributed by atoms with E-state index in [1.807, 2.05) is 0 Å². The van der Waals surface area contributed by atoms with Crippen LogP contribution in [0.25, 0.3) is 0 Å². The Balaban J connectivity index is 2.02. The molecule has 1 fully saturated rings. The van der Waals surface area contributed by atoms with Crippen LogP contribution < -0.4 is 0 Å². The van der Waals surface area contributed by atoms with Crippen molar-refractivity contribution >= 4 is 5.71 Å². The number of unbranched alkanes of at least 4 members (excludes halogenated alkanes) is 6. The average Bonchev–Trinajstić information content (AvgIpc) is 2.39. The van der Waals surface area contributed by atoms with Crippen molar-refractivity contribution in [2.24, 2.45) is 11.1 Å². The Morgan fingerprint density at radius 2 is 1.72 bits per heavy atom. The zero-order chi connectivity index (χ0) is 13.2. The molecular formula is C15H29NO2. The smallest absolute Gasteiger partial charge is 0.0954 e. The molecule has 1 saturated carbocycles. The van der Waals surface area contributed by atoms with Crippen molar-refractivity contribution in [3.8, 4) is 0 Å². The molecule has 1 aliphatic carbocycles. The summed E-state index contributed by atoms with van der Waals surface area (Å²) in [6, 6.07) is 0. The summed E-state index contributed by atoms with van der Waals surface area (Å²) in [6.45, 7) is 2.25. The van der Waals surface area contributed by atoms with Gasteiger partial charge in [0, 0.05) is 0 Å². The maximum Gasteiger partial charge on any atom is 0.0954 e. The number of nitrogens with zero attached hydrogens (tertiary/aromatic N) is 1. The molecule has 2 unspecified atom stereocenters. The zero-order valence-corrected chi connectivity index (χ0v) is 11.8. The monoisotopic (exact) mass is 255 g/mol. The quantitative estimate of drug-likeness (QED) is 0.389. The van der Waals surface area contributed by atoms with Crippen molar-refractivity contribution < 1.29 is 10.3 Å². The predicted molar refractivity (Wildman–Crippen MR) is 75.2 cm³/mol. The number of aliphatic hydroxyl groups is 1. The Labute approximate surface area is 111 Å². The second kappa shape index (κ2) is 9.37. The summed E-state index contributed by atoms with van der Waals surface area (Å²) in [7, 11) is 0.